The summed E-state index contributed by atoms with van der Waals surface area (Å²) in [7, 11) is 0. The van der Waals surface area contributed by atoms with Crippen molar-refractivity contribution in [3.05, 3.63) is 17.5 Å². The highest BCUT2D eigenvalue weighted by molar-refractivity contribution is 5.92. The third kappa shape index (κ3) is 2.14. The standard InChI is InChI=1S/C13H19N3O2/c14-8-13(5-1-2-6-13)15-12(17)10-7-11(18-16-10)9-3-4-9/h7,9H,1-6,8,14H2,(H,15,17). The van der Waals surface area contributed by atoms with Crippen molar-refractivity contribution in [2.75, 3.05) is 6.54 Å². The Morgan fingerprint density at radius 2 is 2.22 bits per heavy atom. The molecule has 0 bridgehead atoms. The van der Waals surface area contributed by atoms with Gasteiger partial charge in [-0.05, 0) is 25.7 Å². The largest absolute Gasteiger partial charge is 0.360 e. The number of hydrogen-bond donors (Lipinski definition) is 2. The molecule has 0 aliphatic heterocycles. The van der Waals surface area contributed by atoms with Crippen molar-refractivity contribution in [3.8, 4) is 0 Å². The molecule has 1 aromatic rings. The van der Waals surface area contributed by atoms with E-state index in [4.69, 9.17) is 10.3 Å². The summed E-state index contributed by atoms with van der Waals surface area (Å²) in [5.41, 5.74) is 5.96. The lowest BCUT2D eigenvalue weighted by Gasteiger charge is -2.28. The van der Waals surface area contributed by atoms with E-state index in [-0.39, 0.29) is 11.4 Å². The van der Waals surface area contributed by atoms with E-state index < -0.39 is 0 Å². The molecule has 1 amide bonds. The maximum Gasteiger partial charge on any atom is 0.273 e. The van der Waals surface area contributed by atoms with E-state index in [1.54, 1.807) is 6.07 Å². The molecular formula is C13H19N3O2. The van der Waals surface area contributed by atoms with Crippen LogP contribution in [0.2, 0.25) is 0 Å². The number of hydrogen-bond acceptors (Lipinski definition) is 4. The Morgan fingerprint density at radius 1 is 1.50 bits per heavy atom. The summed E-state index contributed by atoms with van der Waals surface area (Å²) in [5.74, 6) is 1.17. The van der Waals surface area contributed by atoms with Crippen LogP contribution < -0.4 is 11.1 Å². The molecular weight excluding hydrogens is 230 g/mol. The molecule has 0 unspecified atom stereocenters. The summed E-state index contributed by atoms with van der Waals surface area (Å²) in [6, 6.07) is 1.77. The first kappa shape index (κ1) is 11.7. The van der Waals surface area contributed by atoms with E-state index in [0.717, 1.165) is 44.3 Å². The molecule has 5 nitrogen and oxygen atoms in total. The Bertz CT molecular complexity index is 445. The zero-order valence-electron chi connectivity index (χ0n) is 10.4. The summed E-state index contributed by atoms with van der Waals surface area (Å²) in [6.45, 7) is 0.492. The van der Waals surface area contributed by atoms with Crippen LogP contribution in [0.25, 0.3) is 0 Å². The van der Waals surface area contributed by atoms with Gasteiger partial charge >= 0.3 is 0 Å². The highest BCUT2D eigenvalue weighted by Crippen LogP contribution is 2.40. The number of nitrogens with zero attached hydrogens (tertiary/aromatic N) is 1. The Morgan fingerprint density at radius 3 is 2.83 bits per heavy atom. The molecule has 98 valence electrons. The van der Waals surface area contributed by atoms with Crippen LogP contribution in [0.4, 0.5) is 0 Å². The van der Waals surface area contributed by atoms with Gasteiger partial charge in [-0.2, -0.15) is 0 Å². The zero-order valence-corrected chi connectivity index (χ0v) is 10.4. The molecule has 0 aromatic carbocycles. The van der Waals surface area contributed by atoms with E-state index in [9.17, 15) is 4.79 Å². The zero-order chi connectivity index (χ0) is 12.6. The first-order chi connectivity index (χ1) is 8.72. The predicted molar refractivity (Wildman–Crippen MR) is 66.2 cm³/mol. The molecule has 0 spiro atoms. The second-order valence-corrected chi connectivity index (χ2v) is 5.53. The maximum absolute atomic E-state index is 12.1. The van der Waals surface area contributed by atoms with Crippen molar-refractivity contribution < 1.29 is 9.32 Å². The summed E-state index contributed by atoms with van der Waals surface area (Å²) in [4.78, 5) is 12.1. The second-order valence-electron chi connectivity index (χ2n) is 5.53. The van der Waals surface area contributed by atoms with Crippen LogP contribution in [0.15, 0.2) is 10.6 Å². The second kappa shape index (κ2) is 4.39. The lowest BCUT2D eigenvalue weighted by molar-refractivity contribution is 0.0893. The molecule has 1 aromatic heterocycles. The average molecular weight is 249 g/mol. The fourth-order valence-corrected chi connectivity index (χ4v) is 2.69. The maximum atomic E-state index is 12.1. The monoisotopic (exact) mass is 249 g/mol. The van der Waals surface area contributed by atoms with Crippen molar-refractivity contribution in [2.24, 2.45) is 5.73 Å². The summed E-state index contributed by atoms with van der Waals surface area (Å²) < 4.78 is 5.20. The fourth-order valence-electron chi connectivity index (χ4n) is 2.69. The molecule has 5 heteroatoms. The van der Waals surface area contributed by atoms with E-state index in [2.05, 4.69) is 10.5 Å². The van der Waals surface area contributed by atoms with Gasteiger partial charge < -0.3 is 15.6 Å². The number of nitrogens with two attached hydrogens (primary N) is 1. The van der Waals surface area contributed by atoms with Gasteiger partial charge in [-0.1, -0.05) is 18.0 Å². The molecule has 0 radical (unpaired) electrons. The number of carbonyl (C=O) groups is 1. The molecule has 18 heavy (non-hydrogen) atoms. The number of amides is 1. The van der Waals surface area contributed by atoms with Crippen molar-refractivity contribution in [3.63, 3.8) is 0 Å². The molecule has 2 aliphatic carbocycles. The molecule has 2 aliphatic rings. The minimum Gasteiger partial charge on any atom is -0.360 e. The van der Waals surface area contributed by atoms with Crippen molar-refractivity contribution in [1.82, 2.24) is 10.5 Å². The number of carbonyl (C=O) groups excluding carboxylic acids is 1. The van der Waals surface area contributed by atoms with Gasteiger partial charge in [-0.25, -0.2) is 0 Å². The van der Waals surface area contributed by atoms with Gasteiger partial charge in [0.15, 0.2) is 5.69 Å². The lowest BCUT2D eigenvalue weighted by atomic mass is 9.97. The van der Waals surface area contributed by atoms with Crippen LogP contribution in [0.3, 0.4) is 0 Å². The first-order valence-corrected chi connectivity index (χ1v) is 6.72. The molecule has 0 atom stereocenters. The van der Waals surface area contributed by atoms with Gasteiger partial charge in [0.05, 0.1) is 5.54 Å². The van der Waals surface area contributed by atoms with Crippen LogP contribution in [-0.4, -0.2) is 23.1 Å². The third-order valence-electron chi connectivity index (χ3n) is 4.07. The van der Waals surface area contributed by atoms with Crippen LogP contribution in [0.5, 0.6) is 0 Å². The third-order valence-corrected chi connectivity index (χ3v) is 4.07. The summed E-state index contributed by atoms with van der Waals surface area (Å²) >= 11 is 0. The minimum absolute atomic E-state index is 0.155. The van der Waals surface area contributed by atoms with E-state index >= 15 is 0 Å². The van der Waals surface area contributed by atoms with Gasteiger partial charge in [-0.15, -0.1) is 0 Å². The SMILES string of the molecule is NCC1(NC(=O)c2cc(C3CC3)on2)CCCC1. The number of nitrogens with one attached hydrogen (secondary N) is 1. The summed E-state index contributed by atoms with van der Waals surface area (Å²) in [5, 5.41) is 6.90. The molecule has 2 fully saturated rings. The van der Waals surface area contributed by atoms with Crippen molar-refractivity contribution in [2.45, 2.75) is 50.0 Å². The summed E-state index contributed by atoms with van der Waals surface area (Å²) in [6.07, 6.45) is 6.46. The quantitative estimate of drug-likeness (QED) is 0.848. The van der Waals surface area contributed by atoms with E-state index in [1.165, 1.54) is 0 Å². The van der Waals surface area contributed by atoms with Gasteiger partial charge in [0.1, 0.15) is 5.76 Å². The Labute approximate surface area is 106 Å². The molecule has 1 heterocycles. The van der Waals surface area contributed by atoms with Crippen LogP contribution >= 0.6 is 0 Å². The van der Waals surface area contributed by atoms with E-state index in [0.29, 0.717) is 18.2 Å². The molecule has 3 N–H and O–H groups in total. The van der Waals surface area contributed by atoms with Crippen LogP contribution in [0, 0.1) is 0 Å². The van der Waals surface area contributed by atoms with Gasteiger partial charge in [0, 0.05) is 18.5 Å². The fraction of sp³-hybridized carbons (Fsp3) is 0.692. The Hall–Kier alpha value is -1.36. The normalized spacial score (nSPS) is 22.1. The average Bonchev–Trinajstić information content (AvgIpc) is 2.94. The smallest absolute Gasteiger partial charge is 0.273 e. The van der Waals surface area contributed by atoms with Crippen LogP contribution in [0.1, 0.15) is 60.7 Å². The van der Waals surface area contributed by atoms with Crippen molar-refractivity contribution in [1.29, 1.82) is 0 Å². The van der Waals surface area contributed by atoms with Gasteiger partial charge in [-0.3, -0.25) is 4.79 Å². The van der Waals surface area contributed by atoms with Gasteiger partial charge in [0.2, 0.25) is 0 Å². The topological polar surface area (TPSA) is 81.1 Å². The number of rotatable bonds is 4. The van der Waals surface area contributed by atoms with E-state index in [1.807, 2.05) is 0 Å². The molecule has 0 saturated heterocycles. The highest BCUT2D eigenvalue weighted by Gasteiger charge is 2.35. The van der Waals surface area contributed by atoms with Crippen molar-refractivity contribution >= 4 is 5.91 Å². The number of aromatic nitrogens is 1. The Kier molecular flexibility index (Phi) is 2.86. The Balaban J connectivity index is 1.69. The predicted octanol–water partition coefficient (Wildman–Crippen LogP) is 1.55. The lowest BCUT2D eigenvalue weighted by Crippen LogP contribution is -2.51. The molecule has 2 saturated carbocycles. The molecule has 3 rings (SSSR count). The van der Waals surface area contributed by atoms with Crippen LogP contribution in [-0.2, 0) is 0 Å². The highest BCUT2D eigenvalue weighted by atomic mass is 16.5. The minimum atomic E-state index is -0.226. The first-order valence-electron chi connectivity index (χ1n) is 6.72. The van der Waals surface area contributed by atoms with Gasteiger partial charge in [0.25, 0.3) is 5.91 Å².